The highest BCUT2D eigenvalue weighted by molar-refractivity contribution is 5.46. The number of hydrogen-bond acceptors (Lipinski definition) is 6. The molecule has 23 heavy (non-hydrogen) atoms. The van der Waals surface area contributed by atoms with Gasteiger partial charge in [0.1, 0.15) is 12.1 Å². The Morgan fingerprint density at radius 2 is 2.22 bits per heavy atom. The molecule has 4 rings (SSSR count). The third kappa shape index (κ3) is 2.09. The van der Waals surface area contributed by atoms with Crippen LogP contribution in [0, 0.1) is 16.0 Å². The van der Waals surface area contributed by atoms with Gasteiger partial charge in [0.15, 0.2) is 0 Å². The van der Waals surface area contributed by atoms with E-state index < -0.39 is 11.8 Å². The molecular formula is C15H17N5O3. The third-order valence-electron chi connectivity index (χ3n) is 4.93. The molecule has 8 nitrogen and oxygen atoms in total. The zero-order chi connectivity index (χ0) is 16.0. The highest BCUT2D eigenvalue weighted by Crippen LogP contribution is 2.48. The normalized spacial score (nSPS) is 29.3. The number of nitrogens with one attached hydrogen (secondary N) is 1. The van der Waals surface area contributed by atoms with E-state index in [0.717, 1.165) is 19.3 Å². The first-order valence-corrected chi connectivity index (χ1v) is 7.73. The Bertz CT molecular complexity index is 761. The van der Waals surface area contributed by atoms with Gasteiger partial charge in [-0.3, -0.25) is 10.1 Å². The maximum absolute atomic E-state index is 11.4. The van der Waals surface area contributed by atoms with E-state index in [0.29, 0.717) is 17.9 Å². The summed E-state index contributed by atoms with van der Waals surface area (Å²) in [6.07, 6.45) is 4.68. The molecule has 1 aliphatic heterocycles. The Morgan fingerprint density at radius 3 is 3.04 bits per heavy atom. The molecule has 1 saturated carbocycles. The first kappa shape index (κ1) is 14.1. The maximum Gasteiger partial charge on any atom is 0.274 e. The average Bonchev–Trinajstić information content (AvgIpc) is 2.99. The summed E-state index contributed by atoms with van der Waals surface area (Å²) in [5.41, 5.74) is -0.486. The van der Waals surface area contributed by atoms with Crippen molar-refractivity contribution in [3.05, 3.63) is 46.3 Å². The van der Waals surface area contributed by atoms with Gasteiger partial charge in [0.25, 0.3) is 5.69 Å². The largest absolute Gasteiger partial charge is 0.371 e. The van der Waals surface area contributed by atoms with Gasteiger partial charge >= 0.3 is 0 Å². The molecule has 8 heteroatoms. The van der Waals surface area contributed by atoms with Crippen molar-refractivity contribution in [2.24, 2.45) is 5.92 Å². The molecule has 3 atom stereocenters. The molecule has 1 fully saturated rings. The smallest absolute Gasteiger partial charge is 0.274 e. The van der Waals surface area contributed by atoms with Gasteiger partial charge in [-0.2, -0.15) is 10.1 Å². The first-order valence-electron chi connectivity index (χ1n) is 7.73. The van der Waals surface area contributed by atoms with Crippen LogP contribution in [-0.4, -0.2) is 30.5 Å². The minimum Gasteiger partial charge on any atom is -0.371 e. The lowest BCUT2D eigenvalue weighted by molar-refractivity contribution is -0.386. The molecule has 1 aromatic carbocycles. The number of fused-ring (bicyclic) bond motifs is 2. The summed E-state index contributed by atoms with van der Waals surface area (Å²) in [6, 6.07) is 6.27. The number of nitrogens with zero attached hydrogens (tertiary/aromatic N) is 4. The van der Waals surface area contributed by atoms with Gasteiger partial charge in [0.05, 0.1) is 16.5 Å². The minimum absolute atomic E-state index is 0.0498. The molecule has 0 radical (unpaired) electrons. The van der Waals surface area contributed by atoms with Crippen molar-refractivity contribution in [2.75, 3.05) is 5.32 Å². The standard InChI is InChI=1S/C15H17N5O3/c21-15-8-4-3-6-11(15)13(19-14(18-15)16-9-17-19)10-5-1-2-7-12(10)20(22)23/h1-2,5,7,9,11,13,21H,3-4,6,8H2,(H,16,17,18). The first-order chi connectivity index (χ1) is 11.1. The Kier molecular flexibility index (Phi) is 3.08. The van der Waals surface area contributed by atoms with Crippen LogP contribution in [0.3, 0.4) is 0 Å². The van der Waals surface area contributed by atoms with Crippen LogP contribution in [0.4, 0.5) is 11.6 Å². The molecular weight excluding hydrogens is 298 g/mol. The van der Waals surface area contributed by atoms with E-state index in [-0.39, 0.29) is 16.5 Å². The van der Waals surface area contributed by atoms with E-state index in [1.165, 1.54) is 12.4 Å². The molecule has 2 heterocycles. The van der Waals surface area contributed by atoms with Crippen LogP contribution in [0.5, 0.6) is 0 Å². The number of benzene rings is 1. The molecule has 1 aliphatic carbocycles. The summed E-state index contributed by atoms with van der Waals surface area (Å²) in [6.45, 7) is 0. The predicted octanol–water partition coefficient (Wildman–Crippen LogP) is 2.08. The quantitative estimate of drug-likeness (QED) is 0.649. The van der Waals surface area contributed by atoms with Gasteiger partial charge < -0.3 is 10.4 Å². The zero-order valence-electron chi connectivity index (χ0n) is 12.4. The lowest BCUT2D eigenvalue weighted by Crippen LogP contribution is -2.55. The minimum atomic E-state index is -1.10. The van der Waals surface area contributed by atoms with Crippen molar-refractivity contribution < 1.29 is 10.0 Å². The number of rotatable bonds is 2. The van der Waals surface area contributed by atoms with Gasteiger partial charge in [-0.15, -0.1) is 0 Å². The highest BCUT2D eigenvalue weighted by atomic mass is 16.6. The number of aliphatic hydroxyl groups is 1. The number of nitro benzene ring substituents is 1. The van der Waals surface area contributed by atoms with E-state index in [1.807, 2.05) is 0 Å². The topological polar surface area (TPSA) is 106 Å². The van der Waals surface area contributed by atoms with Gasteiger partial charge in [0.2, 0.25) is 5.95 Å². The fraction of sp³-hybridized carbons (Fsp3) is 0.467. The molecule has 1 aromatic heterocycles. The van der Waals surface area contributed by atoms with E-state index >= 15 is 0 Å². The van der Waals surface area contributed by atoms with Gasteiger partial charge in [-0.05, 0) is 25.3 Å². The van der Waals surface area contributed by atoms with Gasteiger partial charge in [0, 0.05) is 12.0 Å². The van der Waals surface area contributed by atoms with Crippen LogP contribution in [0.25, 0.3) is 0 Å². The fourth-order valence-corrected chi connectivity index (χ4v) is 3.92. The van der Waals surface area contributed by atoms with E-state index in [9.17, 15) is 15.2 Å². The molecule has 0 amide bonds. The summed E-state index contributed by atoms with van der Waals surface area (Å²) < 4.78 is 1.66. The summed E-state index contributed by atoms with van der Waals surface area (Å²) in [7, 11) is 0. The van der Waals surface area contributed by atoms with Crippen molar-refractivity contribution in [1.82, 2.24) is 14.8 Å². The molecule has 0 spiro atoms. The van der Waals surface area contributed by atoms with Crippen molar-refractivity contribution in [3.63, 3.8) is 0 Å². The Balaban J connectivity index is 1.91. The molecule has 2 N–H and O–H groups in total. The summed E-state index contributed by atoms with van der Waals surface area (Å²) in [4.78, 5) is 15.2. The Hall–Kier alpha value is -2.48. The van der Waals surface area contributed by atoms with Crippen molar-refractivity contribution in [1.29, 1.82) is 0 Å². The van der Waals surface area contributed by atoms with Crippen LogP contribution in [0.15, 0.2) is 30.6 Å². The van der Waals surface area contributed by atoms with E-state index in [2.05, 4.69) is 15.4 Å². The van der Waals surface area contributed by atoms with Crippen molar-refractivity contribution >= 4 is 11.6 Å². The fourth-order valence-electron chi connectivity index (χ4n) is 3.92. The molecule has 2 aliphatic rings. The van der Waals surface area contributed by atoms with Crippen LogP contribution in [0.2, 0.25) is 0 Å². The summed E-state index contributed by atoms with van der Waals surface area (Å²) >= 11 is 0. The molecule has 0 bridgehead atoms. The second-order valence-electron chi connectivity index (χ2n) is 6.19. The maximum atomic E-state index is 11.4. The molecule has 2 aromatic rings. The van der Waals surface area contributed by atoms with Crippen LogP contribution >= 0.6 is 0 Å². The van der Waals surface area contributed by atoms with E-state index in [1.54, 1.807) is 22.9 Å². The van der Waals surface area contributed by atoms with Crippen LogP contribution in [0.1, 0.15) is 37.3 Å². The monoisotopic (exact) mass is 315 g/mol. The SMILES string of the molecule is O=[N+]([O-])c1ccccc1C1C2CCCCC2(O)Nc2ncnn21. The number of aromatic nitrogens is 3. The number of para-hydroxylation sites is 1. The zero-order valence-corrected chi connectivity index (χ0v) is 12.4. The molecule has 0 saturated heterocycles. The lowest BCUT2D eigenvalue weighted by Gasteiger charge is -2.47. The van der Waals surface area contributed by atoms with Gasteiger partial charge in [-0.1, -0.05) is 18.6 Å². The number of anilines is 1. The second-order valence-corrected chi connectivity index (χ2v) is 6.19. The predicted molar refractivity (Wildman–Crippen MR) is 81.8 cm³/mol. The number of hydrogen-bond donors (Lipinski definition) is 2. The van der Waals surface area contributed by atoms with Crippen molar-refractivity contribution in [2.45, 2.75) is 37.5 Å². The summed E-state index contributed by atoms with van der Waals surface area (Å²) in [5, 5.41) is 29.8. The molecule has 3 unspecified atom stereocenters. The van der Waals surface area contributed by atoms with E-state index in [4.69, 9.17) is 0 Å². The second kappa shape index (κ2) is 5.02. The summed E-state index contributed by atoms with van der Waals surface area (Å²) in [5.74, 6) is 0.264. The third-order valence-corrected chi connectivity index (χ3v) is 4.93. The number of nitro groups is 1. The van der Waals surface area contributed by atoms with Crippen molar-refractivity contribution in [3.8, 4) is 0 Å². The molecule has 120 valence electrons. The Morgan fingerprint density at radius 1 is 1.39 bits per heavy atom. The van der Waals surface area contributed by atoms with Crippen LogP contribution < -0.4 is 5.32 Å². The Labute approximate surface area is 132 Å². The van der Waals surface area contributed by atoms with Gasteiger partial charge in [-0.25, -0.2) is 4.68 Å². The lowest BCUT2D eigenvalue weighted by atomic mass is 9.73. The average molecular weight is 315 g/mol. The highest BCUT2D eigenvalue weighted by Gasteiger charge is 2.50. The van der Waals surface area contributed by atoms with Crippen LogP contribution in [-0.2, 0) is 0 Å².